The van der Waals surface area contributed by atoms with Crippen molar-refractivity contribution < 1.29 is 8.81 Å². The number of rotatable bonds is 6. The Bertz CT molecular complexity index is 513. The summed E-state index contributed by atoms with van der Waals surface area (Å²) < 4.78 is 19.5. The summed E-state index contributed by atoms with van der Waals surface area (Å²) in [6.45, 7) is 0. The van der Waals surface area contributed by atoms with Crippen LogP contribution in [0, 0.1) is 5.82 Å². The van der Waals surface area contributed by atoms with Crippen LogP contribution >= 0.6 is 15.9 Å². The molecule has 2 rings (SSSR count). The second-order valence-electron chi connectivity index (χ2n) is 4.54. The van der Waals surface area contributed by atoms with Crippen LogP contribution in [0.3, 0.4) is 0 Å². The Morgan fingerprint density at radius 1 is 1.37 bits per heavy atom. The van der Waals surface area contributed by atoms with E-state index in [1.807, 2.05) is 19.2 Å². The number of nitrogens with one attached hydrogen (secondary N) is 1. The maximum Gasteiger partial charge on any atom is 0.123 e. The number of furan rings is 1. The van der Waals surface area contributed by atoms with Gasteiger partial charge in [-0.25, -0.2) is 4.39 Å². The third-order valence-corrected chi connectivity index (χ3v) is 3.98. The fraction of sp³-hybridized carbons (Fsp3) is 0.333. The van der Waals surface area contributed by atoms with Gasteiger partial charge in [0.15, 0.2) is 0 Å². The summed E-state index contributed by atoms with van der Waals surface area (Å²) in [7, 11) is 1.93. The molecule has 1 heterocycles. The zero-order valence-electron chi connectivity index (χ0n) is 10.8. The predicted molar refractivity (Wildman–Crippen MR) is 77.7 cm³/mol. The van der Waals surface area contributed by atoms with Gasteiger partial charge in [-0.1, -0.05) is 15.9 Å². The average molecular weight is 326 g/mol. The molecular formula is C15H17BrFNO. The molecule has 4 heteroatoms. The molecule has 0 saturated heterocycles. The molecule has 0 spiro atoms. The van der Waals surface area contributed by atoms with Gasteiger partial charge in [0.2, 0.25) is 0 Å². The maximum absolute atomic E-state index is 13.3. The van der Waals surface area contributed by atoms with E-state index in [-0.39, 0.29) is 5.82 Å². The summed E-state index contributed by atoms with van der Waals surface area (Å²) in [6, 6.07) is 8.97. The monoisotopic (exact) mass is 325 g/mol. The van der Waals surface area contributed by atoms with Gasteiger partial charge in [0, 0.05) is 16.9 Å². The van der Waals surface area contributed by atoms with Crippen molar-refractivity contribution in [2.75, 3.05) is 7.05 Å². The molecule has 1 unspecified atom stereocenters. The fourth-order valence-electron chi connectivity index (χ4n) is 2.08. The van der Waals surface area contributed by atoms with E-state index in [0.29, 0.717) is 6.04 Å². The molecule has 1 atom stereocenters. The third-order valence-electron chi connectivity index (χ3n) is 3.20. The molecule has 0 aliphatic carbocycles. The van der Waals surface area contributed by atoms with Crippen molar-refractivity contribution >= 4 is 15.9 Å². The highest BCUT2D eigenvalue weighted by atomic mass is 79.9. The number of halogens is 2. The standard InChI is InChI=1S/C15H17BrFNO/c1-18-13(5-6-14-3-2-8-19-14)10-11-9-12(17)4-7-15(11)16/h2-4,7-9,13,18H,5-6,10H2,1H3. The molecule has 19 heavy (non-hydrogen) atoms. The number of benzene rings is 1. The SMILES string of the molecule is CNC(CCc1ccco1)Cc1cc(F)ccc1Br. The molecule has 0 aliphatic rings. The molecule has 1 N–H and O–H groups in total. The molecule has 1 aromatic carbocycles. The number of hydrogen-bond acceptors (Lipinski definition) is 2. The van der Waals surface area contributed by atoms with E-state index in [2.05, 4.69) is 21.2 Å². The molecule has 0 fully saturated rings. The second-order valence-corrected chi connectivity index (χ2v) is 5.40. The minimum absolute atomic E-state index is 0.195. The van der Waals surface area contributed by atoms with Crippen molar-refractivity contribution in [3.05, 3.63) is 58.2 Å². The second kappa shape index (κ2) is 6.87. The Morgan fingerprint density at radius 3 is 2.89 bits per heavy atom. The average Bonchev–Trinajstić information content (AvgIpc) is 2.91. The van der Waals surface area contributed by atoms with Gasteiger partial charge in [-0.15, -0.1) is 0 Å². The fourth-order valence-corrected chi connectivity index (χ4v) is 2.49. The minimum Gasteiger partial charge on any atom is -0.469 e. The third kappa shape index (κ3) is 4.18. The van der Waals surface area contributed by atoms with Crippen molar-refractivity contribution in [2.24, 2.45) is 0 Å². The summed E-state index contributed by atoms with van der Waals surface area (Å²) in [5.41, 5.74) is 0.985. The Hall–Kier alpha value is -1.13. The lowest BCUT2D eigenvalue weighted by atomic mass is 10.0. The highest BCUT2D eigenvalue weighted by Gasteiger charge is 2.11. The lowest BCUT2D eigenvalue weighted by Crippen LogP contribution is -2.28. The normalized spacial score (nSPS) is 12.6. The lowest BCUT2D eigenvalue weighted by Gasteiger charge is -2.16. The molecule has 2 aromatic rings. The zero-order valence-corrected chi connectivity index (χ0v) is 12.4. The van der Waals surface area contributed by atoms with Crippen molar-refractivity contribution in [2.45, 2.75) is 25.3 Å². The molecule has 1 aromatic heterocycles. The number of hydrogen-bond donors (Lipinski definition) is 1. The van der Waals surface area contributed by atoms with Crippen LogP contribution < -0.4 is 5.32 Å². The van der Waals surface area contributed by atoms with Crippen LogP contribution in [-0.4, -0.2) is 13.1 Å². The van der Waals surface area contributed by atoms with Crippen LogP contribution in [0.1, 0.15) is 17.7 Å². The molecule has 2 nitrogen and oxygen atoms in total. The van der Waals surface area contributed by atoms with Crippen LogP contribution in [0.5, 0.6) is 0 Å². The van der Waals surface area contributed by atoms with Crippen LogP contribution in [-0.2, 0) is 12.8 Å². The first-order valence-corrected chi connectivity index (χ1v) is 7.12. The van der Waals surface area contributed by atoms with Gasteiger partial charge in [-0.2, -0.15) is 0 Å². The first-order chi connectivity index (χ1) is 9.19. The molecule has 0 aliphatic heterocycles. The summed E-state index contributed by atoms with van der Waals surface area (Å²) in [5, 5.41) is 3.27. The summed E-state index contributed by atoms with van der Waals surface area (Å²) in [6.07, 6.45) is 4.31. The van der Waals surface area contributed by atoms with E-state index in [1.165, 1.54) is 6.07 Å². The quantitative estimate of drug-likeness (QED) is 0.870. The van der Waals surface area contributed by atoms with Crippen LogP contribution in [0.15, 0.2) is 45.5 Å². The van der Waals surface area contributed by atoms with Crippen molar-refractivity contribution in [1.82, 2.24) is 5.32 Å². The van der Waals surface area contributed by atoms with Gasteiger partial charge < -0.3 is 9.73 Å². The van der Waals surface area contributed by atoms with Gasteiger partial charge >= 0.3 is 0 Å². The topological polar surface area (TPSA) is 25.2 Å². The molecular weight excluding hydrogens is 309 g/mol. The lowest BCUT2D eigenvalue weighted by molar-refractivity contribution is 0.459. The number of aryl methyl sites for hydroxylation is 1. The Morgan fingerprint density at radius 2 is 2.21 bits per heavy atom. The van der Waals surface area contributed by atoms with Gasteiger partial charge in [0.05, 0.1) is 6.26 Å². The summed E-state index contributed by atoms with van der Waals surface area (Å²) in [4.78, 5) is 0. The van der Waals surface area contributed by atoms with Gasteiger partial charge in [-0.05, 0) is 55.8 Å². The first-order valence-electron chi connectivity index (χ1n) is 6.32. The van der Waals surface area contributed by atoms with Crippen molar-refractivity contribution in [3.63, 3.8) is 0 Å². The highest BCUT2D eigenvalue weighted by Crippen LogP contribution is 2.20. The van der Waals surface area contributed by atoms with Crippen LogP contribution in [0.2, 0.25) is 0 Å². The van der Waals surface area contributed by atoms with Gasteiger partial charge in [0.25, 0.3) is 0 Å². The molecule has 0 bridgehead atoms. The van der Waals surface area contributed by atoms with Gasteiger partial charge in [-0.3, -0.25) is 0 Å². The van der Waals surface area contributed by atoms with E-state index >= 15 is 0 Å². The molecule has 0 radical (unpaired) electrons. The first kappa shape index (κ1) is 14.3. The Balaban J connectivity index is 1.96. The minimum atomic E-state index is -0.195. The van der Waals surface area contributed by atoms with E-state index in [0.717, 1.165) is 35.1 Å². The molecule has 0 amide bonds. The zero-order chi connectivity index (χ0) is 13.7. The smallest absolute Gasteiger partial charge is 0.123 e. The Labute approximate surface area is 121 Å². The summed E-state index contributed by atoms with van der Waals surface area (Å²) in [5.74, 6) is 0.789. The van der Waals surface area contributed by atoms with E-state index in [4.69, 9.17) is 4.42 Å². The van der Waals surface area contributed by atoms with E-state index < -0.39 is 0 Å². The van der Waals surface area contributed by atoms with E-state index in [1.54, 1.807) is 18.4 Å². The van der Waals surface area contributed by atoms with E-state index in [9.17, 15) is 4.39 Å². The highest BCUT2D eigenvalue weighted by molar-refractivity contribution is 9.10. The maximum atomic E-state index is 13.3. The predicted octanol–water partition coefficient (Wildman–Crippen LogP) is 3.94. The van der Waals surface area contributed by atoms with Crippen molar-refractivity contribution in [3.8, 4) is 0 Å². The Kier molecular flexibility index (Phi) is 5.16. The van der Waals surface area contributed by atoms with Gasteiger partial charge in [0.1, 0.15) is 11.6 Å². The van der Waals surface area contributed by atoms with Crippen LogP contribution in [0.25, 0.3) is 0 Å². The molecule has 102 valence electrons. The molecule has 0 saturated carbocycles. The summed E-state index contributed by atoms with van der Waals surface area (Å²) >= 11 is 3.46. The van der Waals surface area contributed by atoms with Crippen molar-refractivity contribution in [1.29, 1.82) is 0 Å². The number of likely N-dealkylation sites (N-methyl/N-ethyl adjacent to an activating group) is 1. The van der Waals surface area contributed by atoms with Crippen LogP contribution in [0.4, 0.5) is 4.39 Å². The largest absolute Gasteiger partial charge is 0.469 e.